The van der Waals surface area contributed by atoms with Crippen LogP contribution >= 0.6 is 0 Å². The molecule has 0 spiro atoms. The zero-order valence-corrected chi connectivity index (χ0v) is 16.7. The molecule has 0 aliphatic heterocycles. The molecule has 0 aliphatic rings. The van der Waals surface area contributed by atoms with E-state index in [-0.39, 0.29) is 5.41 Å². The average molecular weight is 337 g/mol. The molecule has 0 bridgehead atoms. The van der Waals surface area contributed by atoms with E-state index in [1.165, 1.54) is 10.5 Å². The van der Waals surface area contributed by atoms with Gasteiger partial charge in [0.05, 0.1) is 13.1 Å². The van der Waals surface area contributed by atoms with Gasteiger partial charge >= 0.3 is 0 Å². The summed E-state index contributed by atoms with van der Waals surface area (Å²) in [4.78, 5) is 1.46. The molecular formula is C21H38NO2+. The second-order valence-electron chi connectivity index (χ2n) is 8.89. The molecule has 0 amide bonds. The van der Waals surface area contributed by atoms with Crippen LogP contribution in [0.5, 0.6) is 5.75 Å². The standard InChI is InChI=1S/C21H37NO2/c1-16(2)12-22(13-17(3)4)14-19(23)15-24-20-10-8-18(9-11-20)21(5,6)7/h8-11,16-17,19,23H,12-15H2,1-7H3/p+1/t19-/m0/s1. The Morgan fingerprint density at radius 1 is 0.917 bits per heavy atom. The molecule has 2 N–H and O–H groups in total. The van der Waals surface area contributed by atoms with Crippen LogP contribution < -0.4 is 9.64 Å². The predicted octanol–water partition coefficient (Wildman–Crippen LogP) is 2.92. The molecule has 3 nitrogen and oxygen atoms in total. The minimum atomic E-state index is -0.431. The summed E-state index contributed by atoms with van der Waals surface area (Å²) in [6.07, 6.45) is -0.431. The third-order valence-corrected chi connectivity index (χ3v) is 4.08. The van der Waals surface area contributed by atoms with E-state index in [1.54, 1.807) is 0 Å². The number of aliphatic hydroxyl groups is 1. The van der Waals surface area contributed by atoms with Gasteiger partial charge in [0.25, 0.3) is 0 Å². The predicted molar refractivity (Wildman–Crippen MR) is 102 cm³/mol. The molecular weight excluding hydrogens is 298 g/mol. The largest absolute Gasteiger partial charge is 0.491 e. The van der Waals surface area contributed by atoms with Crippen LogP contribution in [0.2, 0.25) is 0 Å². The molecule has 1 aromatic carbocycles. The Hall–Kier alpha value is -1.06. The monoisotopic (exact) mass is 336 g/mol. The Balaban J connectivity index is 2.50. The summed E-state index contributed by atoms with van der Waals surface area (Å²) in [5.41, 5.74) is 1.44. The molecule has 0 saturated carbocycles. The van der Waals surface area contributed by atoms with Crippen LogP contribution in [0.25, 0.3) is 0 Å². The van der Waals surface area contributed by atoms with Crippen molar-refractivity contribution in [1.82, 2.24) is 0 Å². The molecule has 0 unspecified atom stereocenters. The highest BCUT2D eigenvalue weighted by molar-refractivity contribution is 5.31. The van der Waals surface area contributed by atoms with E-state index in [4.69, 9.17) is 4.74 Å². The summed E-state index contributed by atoms with van der Waals surface area (Å²) >= 11 is 0. The third-order valence-electron chi connectivity index (χ3n) is 4.08. The lowest BCUT2D eigenvalue weighted by Crippen LogP contribution is -3.14. The molecule has 0 heterocycles. The van der Waals surface area contributed by atoms with Crippen molar-refractivity contribution < 1.29 is 14.7 Å². The van der Waals surface area contributed by atoms with Gasteiger partial charge in [0, 0.05) is 11.8 Å². The fourth-order valence-electron chi connectivity index (χ4n) is 3.04. The molecule has 3 heteroatoms. The molecule has 138 valence electrons. The van der Waals surface area contributed by atoms with Crippen LogP contribution in [0.4, 0.5) is 0 Å². The second kappa shape index (κ2) is 9.43. The normalized spacial score (nSPS) is 13.8. The maximum absolute atomic E-state index is 10.3. The molecule has 0 aliphatic carbocycles. The van der Waals surface area contributed by atoms with Crippen LogP contribution in [-0.4, -0.2) is 37.5 Å². The van der Waals surface area contributed by atoms with Crippen molar-refractivity contribution in [2.24, 2.45) is 11.8 Å². The molecule has 0 fully saturated rings. The topological polar surface area (TPSA) is 33.9 Å². The van der Waals surface area contributed by atoms with Gasteiger partial charge in [-0.15, -0.1) is 0 Å². The van der Waals surface area contributed by atoms with Gasteiger partial charge in [-0.1, -0.05) is 60.6 Å². The summed E-state index contributed by atoms with van der Waals surface area (Å²) in [6.45, 7) is 18.8. The minimum Gasteiger partial charge on any atom is -0.491 e. The van der Waals surface area contributed by atoms with Gasteiger partial charge < -0.3 is 14.7 Å². The van der Waals surface area contributed by atoms with E-state index in [1.807, 2.05) is 12.1 Å². The van der Waals surface area contributed by atoms with Gasteiger partial charge in [-0.3, -0.25) is 0 Å². The molecule has 0 aromatic heterocycles. The Morgan fingerprint density at radius 3 is 1.83 bits per heavy atom. The smallest absolute Gasteiger partial charge is 0.137 e. The van der Waals surface area contributed by atoms with Crippen molar-refractivity contribution in [1.29, 1.82) is 0 Å². The number of hydrogen-bond donors (Lipinski definition) is 2. The van der Waals surface area contributed by atoms with Crippen molar-refractivity contribution >= 4 is 0 Å². The number of rotatable bonds is 9. The fraction of sp³-hybridized carbons (Fsp3) is 0.714. The summed E-state index contributed by atoms with van der Waals surface area (Å²) < 4.78 is 5.78. The Labute approximate surface area is 149 Å². The lowest BCUT2D eigenvalue weighted by atomic mass is 9.87. The van der Waals surface area contributed by atoms with Gasteiger partial charge in [0.1, 0.15) is 25.0 Å². The van der Waals surface area contributed by atoms with E-state index in [0.29, 0.717) is 18.4 Å². The number of hydrogen-bond acceptors (Lipinski definition) is 2. The SMILES string of the molecule is CC(C)C[NH+](CC(C)C)C[C@H](O)COc1ccc(C(C)(C)C)cc1. The van der Waals surface area contributed by atoms with Crippen molar-refractivity contribution in [2.75, 3.05) is 26.2 Å². The van der Waals surface area contributed by atoms with Gasteiger partial charge in [-0.25, -0.2) is 0 Å². The van der Waals surface area contributed by atoms with E-state index in [0.717, 1.165) is 25.4 Å². The van der Waals surface area contributed by atoms with Crippen molar-refractivity contribution in [2.45, 2.75) is 60.0 Å². The summed E-state index contributed by atoms with van der Waals surface area (Å²) in [7, 11) is 0. The molecule has 1 atom stereocenters. The first kappa shape index (κ1) is 21.0. The number of quaternary nitrogens is 1. The molecule has 0 saturated heterocycles. The Bertz CT molecular complexity index is 450. The molecule has 1 rings (SSSR count). The van der Waals surface area contributed by atoms with Crippen molar-refractivity contribution in [3.8, 4) is 5.75 Å². The summed E-state index contributed by atoms with van der Waals surface area (Å²) in [5, 5.41) is 10.3. The number of nitrogens with one attached hydrogen (secondary N) is 1. The van der Waals surface area contributed by atoms with Crippen LogP contribution in [-0.2, 0) is 5.41 Å². The summed E-state index contributed by atoms with van der Waals surface area (Å²) in [6, 6.07) is 8.22. The Kier molecular flexibility index (Phi) is 8.24. The summed E-state index contributed by atoms with van der Waals surface area (Å²) in [5.74, 6) is 2.10. The Morgan fingerprint density at radius 2 is 1.42 bits per heavy atom. The lowest BCUT2D eigenvalue weighted by Gasteiger charge is -2.25. The van der Waals surface area contributed by atoms with Crippen LogP contribution in [0, 0.1) is 11.8 Å². The average Bonchev–Trinajstić information content (AvgIpc) is 2.43. The van der Waals surface area contributed by atoms with E-state index in [9.17, 15) is 5.11 Å². The zero-order valence-electron chi connectivity index (χ0n) is 16.7. The zero-order chi connectivity index (χ0) is 18.3. The van der Waals surface area contributed by atoms with E-state index >= 15 is 0 Å². The van der Waals surface area contributed by atoms with Gasteiger partial charge in [0.15, 0.2) is 0 Å². The second-order valence-corrected chi connectivity index (χ2v) is 8.89. The van der Waals surface area contributed by atoms with Gasteiger partial charge in [-0.05, 0) is 23.1 Å². The van der Waals surface area contributed by atoms with Crippen LogP contribution in [0.1, 0.15) is 54.0 Å². The molecule has 0 radical (unpaired) electrons. The van der Waals surface area contributed by atoms with Crippen LogP contribution in [0.15, 0.2) is 24.3 Å². The first-order valence-corrected chi connectivity index (χ1v) is 9.33. The maximum Gasteiger partial charge on any atom is 0.137 e. The first-order chi connectivity index (χ1) is 11.1. The maximum atomic E-state index is 10.3. The number of benzene rings is 1. The van der Waals surface area contributed by atoms with Crippen LogP contribution in [0.3, 0.4) is 0 Å². The van der Waals surface area contributed by atoms with Crippen molar-refractivity contribution in [3.63, 3.8) is 0 Å². The number of ether oxygens (including phenoxy) is 1. The highest BCUT2D eigenvalue weighted by Gasteiger charge is 2.18. The fourth-order valence-corrected chi connectivity index (χ4v) is 3.04. The quantitative estimate of drug-likeness (QED) is 0.727. The number of aliphatic hydroxyl groups excluding tert-OH is 1. The lowest BCUT2D eigenvalue weighted by molar-refractivity contribution is -0.909. The minimum absolute atomic E-state index is 0.148. The van der Waals surface area contributed by atoms with E-state index < -0.39 is 6.10 Å². The van der Waals surface area contributed by atoms with Crippen molar-refractivity contribution in [3.05, 3.63) is 29.8 Å². The van der Waals surface area contributed by atoms with Gasteiger partial charge in [0.2, 0.25) is 0 Å². The van der Waals surface area contributed by atoms with E-state index in [2.05, 4.69) is 60.6 Å². The molecule has 24 heavy (non-hydrogen) atoms. The highest BCUT2D eigenvalue weighted by atomic mass is 16.5. The highest BCUT2D eigenvalue weighted by Crippen LogP contribution is 2.24. The van der Waals surface area contributed by atoms with Gasteiger partial charge in [-0.2, -0.15) is 0 Å². The molecule has 1 aromatic rings. The first-order valence-electron chi connectivity index (χ1n) is 9.33. The third kappa shape index (κ3) is 8.16.